The molecule has 0 aliphatic rings. The Labute approximate surface area is 77.6 Å². The molecule has 0 spiro atoms. The van der Waals surface area contributed by atoms with E-state index in [-0.39, 0.29) is 6.04 Å². The van der Waals surface area contributed by atoms with E-state index < -0.39 is 8.32 Å². The van der Waals surface area contributed by atoms with Gasteiger partial charge in [0.25, 0.3) is 0 Å². The molecular formula is C9H23NOSi. The molecule has 12 heavy (non-hydrogen) atoms. The second-order valence-electron chi connectivity index (χ2n) is 5.05. The minimum Gasteiger partial charge on any atom is -0.415 e. The lowest BCUT2D eigenvalue weighted by molar-refractivity contribution is 0.269. The van der Waals surface area contributed by atoms with Gasteiger partial charge in [0.15, 0.2) is 8.32 Å². The van der Waals surface area contributed by atoms with Gasteiger partial charge in [-0.2, -0.15) is 0 Å². The van der Waals surface area contributed by atoms with Crippen LogP contribution in [0.15, 0.2) is 0 Å². The standard InChI is InChI=1S/C9H23NOSi/c1-8(10)7-11-12(5,6)9(2,3)4/h8H,7,10H2,1-6H3. The van der Waals surface area contributed by atoms with Crippen molar-refractivity contribution in [3.8, 4) is 0 Å². The molecule has 0 fully saturated rings. The Hall–Kier alpha value is 0.137. The van der Waals surface area contributed by atoms with E-state index in [0.29, 0.717) is 11.6 Å². The first-order chi connectivity index (χ1) is 5.17. The molecule has 0 amide bonds. The summed E-state index contributed by atoms with van der Waals surface area (Å²) in [7, 11) is -1.55. The normalized spacial score (nSPS) is 16.2. The van der Waals surface area contributed by atoms with Crippen molar-refractivity contribution in [1.29, 1.82) is 0 Å². The molecule has 0 radical (unpaired) electrons. The van der Waals surface area contributed by atoms with E-state index in [1.165, 1.54) is 0 Å². The molecule has 0 saturated carbocycles. The van der Waals surface area contributed by atoms with Gasteiger partial charge in [0, 0.05) is 12.6 Å². The highest BCUT2D eigenvalue weighted by molar-refractivity contribution is 6.74. The van der Waals surface area contributed by atoms with Crippen molar-refractivity contribution in [1.82, 2.24) is 0 Å². The maximum absolute atomic E-state index is 5.87. The van der Waals surface area contributed by atoms with Crippen molar-refractivity contribution in [3.05, 3.63) is 0 Å². The quantitative estimate of drug-likeness (QED) is 0.692. The van der Waals surface area contributed by atoms with Gasteiger partial charge in [0.2, 0.25) is 0 Å². The first kappa shape index (κ1) is 12.1. The third-order valence-corrected chi connectivity index (χ3v) is 7.01. The first-order valence-corrected chi connectivity index (χ1v) is 7.47. The fraction of sp³-hybridized carbons (Fsp3) is 1.00. The average molecular weight is 189 g/mol. The largest absolute Gasteiger partial charge is 0.415 e. The van der Waals surface area contributed by atoms with Gasteiger partial charge in [0.1, 0.15) is 0 Å². The molecule has 0 heterocycles. The predicted octanol–water partition coefficient (Wildman–Crippen LogP) is 2.36. The lowest BCUT2D eigenvalue weighted by Gasteiger charge is -2.36. The Morgan fingerprint density at radius 1 is 1.33 bits per heavy atom. The molecule has 3 heteroatoms. The molecule has 1 atom stereocenters. The van der Waals surface area contributed by atoms with Gasteiger partial charge in [-0.15, -0.1) is 0 Å². The van der Waals surface area contributed by atoms with E-state index >= 15 is 0 Å². The lowest BCUT2D eigenvalue weighted by Crippen LogP contribution is -2.43. The maximum atomic E-state index is 5.87. The Morgan fingerprint density at radius 3 is 2.00 bits per heavy atom. The van der Waals surface area contributed by atoms with E-state index in [0.717, 1.165) is 0 Å². The van der Waals surface area contributed by atoms with Gasteiger partial charge >= 0.3 is 0 Å². The molecule has 2 nitrogen and oxygen atoms in total. The predicted molar refractivity (Wildman–Crippen MR) is 56.8 cm³/mol. The zero-order chi connectivity index (χ0) is 9.99. The van der Waals surface area contributed by atoms with Crippen molar-refractivity contribution in [3.63, 3.8) is 0 Å². The third-order valence-electron chi connectivity index (χ3n) is 2.51. The lowest BCUT2D eigenvalue weighted by atomic mass is 10.2. The highest BCUT2D eigenvalue weighted by Crippen LogP contribution is 2.36. The summed E-state index contributed by atoms with van der Waals surface area (Å²) >= 11 is 0. The molecule has 2 N–H and O–H groups in total. The summed E-state index contributed by atoms with van der Waals surface area (Å²) in [5.41, 5.74) is 5.64. The highest BCUT2D eigenvalue weighted by Gasteiger charge is 2.37. The molecule has 0 saturated heterocycles. The number of nitrogens with two attached hydrogens (primary N) is 1. The fourth-order valence-electron chi connectivity index (χ4n) is 0.556. The van der Waals surface area contributed by atoms with Crippen LogP contribution in [0, 0.1) is 0 Å². The van der Waals surface area contributed by atoms with Crippen molar-refractivity contribution in [2.24, 2.45) is 5.73 Å². The van der Waals surface area contributed by atoms with Crippen molar-refractivity contribution >= 4 is 8.32 Å². The number of hydrogen-bond donors (Lipinski definition) is 1. The second-order valence-corrected chi connectivity index (χ2v) is 9.86. The summed E-state index contributed by atoms with van der Waals surface area (Å²) in [6, 6.07) is 0.152. The molecule has 0 aromatic rings. The Bertz CT molecular complexity index is 138. The van der Waals surface area contributed by atoms with Gasteiger partial charge in [-0.3, -0.25) is 0 Å². The molecule has 0 rings (SSSR count). The molecule has 0 aliphatic carbocycles. The van der Waals surface area contributed by atoms with Crippen LogP contribution < -0.4 is 5.73 Å². The van der Waals surface area contributed by atoms with Crippen LogP contribution in [-0.4, -0.2) is 21.0 Å². The van der Waals surface area contributed by atoms with E-state index in [9.17, 15) is 0 Å². The van der Waals surface area contributed by atoms with E-state index in [1.54, 1.807) is 0 Å². The summed E-state index contributed by atoms with van der Waals surface area (Å²) in [6.45, 7) is 13.9. The molecule has 0 bridgehead atoms. The van der Waals surface area contributed by atoms with Crippen LogP contribution in [0.3, 0.4) is 0 Å². The molecular weight excluding hydrogens is 166 g/mol. The topological polar surface area (TPSA) is 35.2 Å². The summed E-state index contributed by atoms with van der Waals surface area (Å²) in [5.74, 6) is 0. The zero-order valence-electron chi connectivity index (χ0n) is 9.27. The van der Waals surface area contributed by atoms with Gasteiger partial charge in [0.05, 0.1) is 0 Å². The summed E-state index contributed by atoms with van der Waals surface area (Å²) < 4.78 is 5.87. The van der Waals surface area contributed by atoms with Crippen LogP contribution in [0.5, 0.6) is 0 Å². The molecule has 1 unspecified atom stereocenters. The summed E-state index contributed by atoms with van der Waals surface area (Å²) in [6.07, 6.45) is 0. The SMILES string of the molecule is CC(N)CO[Si](C)(C)C(C)(C)C. The van der Waals surface area contributed by atoms with Gasteiger partial charge < -0.3 is 10.2 Å². The summed E-state index contributed by atoms with van der Waals surface area (Å²) in [5, 5.41) is 0.294. The maximum Gasteiger partial charge on any atom is 0.192 e. The van der Waals surface area contributed by atoms with Crippen LogP contribution in [-0.2, 0) is 4.43 Å². The minimum absolute atomic E-state index is 0.152. The van der Waals surface area contributed by atoms with Crippen LogP contribution in [0.4, 0.5) is 0 Å². The third kappa shape index (κ3) is 3.69. The van der Waals surface area contributed by atoms with Crippen LogP contribution >= 0.6 is 0 Å². The van der Waals surface area contributed by atoms with Crippen molar-refractivity contribution < 1.29 is 4.43 Å². The van der Waals surface area contributed by atoms with Gasteiger partial charge in [-0.05, 0) is 25.1 Å². The summed E-state index contributed by atoms with van der Waals surface area (Å²) in [4.78, 5) is 0. The van der Waals surface area contributed by atoms with Gasteiger partial charge in [-0.25, -0.2) is 0 Å². The van der Waals surface area contributed by atoms with Gasteiger partial charge in [-0.1, -0.05) is 20.8 Å². The fourth-order valence-corrected chi connectivity index (χ4v) is 1.67. The second kappa shape index (κ2) is 3.90. The zero-order valence-corrected chi connectivity index (χ0v) is 10.3. The molecule has 74 valence electrons. The Balaban J connectivity index is 4.05. The smallest absolute Gasteiger partial charge is 0.192 e. The van der Waals surface area contributed by atoms with E-state index in [2.05, 4.69) is 33.9 Å². The Morgan fingerprint density at radius 2 is 1.75 bits per heavy atom. The van der Waals surface area contributed by atoms with E-state index in [4.69, 9.17) is 10.2 Å². The monoisotopic (exact) mass is 189 g/mol. The average Bonchev–Trinajstić information content (AvgIpc) is 1.81. The van der Waals surface area contributed by atoms with Crippen molar-refractivity contribution in [2.45, 2.75) is 51.9 Å². The first-order valence-electron chi connectivity index (χ1n) is 4.56. The minimum atomic E-state index is -1.55. The molecule has 0 aliphatic heterocycles. The molecule has 0 aromatic heterocycles. The number of hydrogen-bond acceptors (Lipinski definition) is 2. The Kier molecular flexibility index (Phi) is 3.94. The van der Waals surface area contributed by atoms with Crippen LogP contribution in [0.25, 0.3) is 0 Å². The van der Waals surface area contributed by atoms with E-state index in [1.807, 2.05) is 6.92 Å². The van der Waals surface area contributed by atoms with Crippen molar-refractivity contribution in [2.75, 3.05) is 6.61 Å². The number of rotatable bonds is 3. The molecule has 0 aromatic carbocycles. The van der Waals surface area contributed by atoms with Crippen LogP contribution in [0.2, 0.25) is 18.1 Å². The van der Waals surface area contributed by atoms with Crippen LogP contribution in [0.1, 0.15) is 27.7 Å². The highest BCUT2D eigenvalue weighted by atomic mass is 28.4.